The average molecular weight is 248 g/mol. The molecule has 1 aromatic carbocycles. The van der Waals surface area contributed by atoms with E-state index in [1.807, 2.05) is 26.0 Å². The van der Waals surface area contributed by atoms with Crippen molar-refractivity contribution >= 4 is 5.97 Å². The van der Waals surface area contributed by atoms with Crippen molar-refractivity contribution in [3.63, 3.8) is 0 Å². The summed E-state index contributed by atoms with van der Waals surface area (Å²) in [4.78, 5) is 12.0. The zero-order valence-corrected chi connectivity index (χ0v) is 11.2. The molecule has 2 rings (SSSR count). The fourth-order valence-corrected chi connectivity index (χ4v) is 2.54. The van der Waals surface area contributed by atoms with Crippen molar-refractivity contribution in [2.75, 3.05) is 13.7 Å². The van der Waals surface area contributed by atoms with Gasteiger partial charge in [0.1, 0.15) is 5.75 Å². The van der Waals surface area contributed by atoms with Crippen molar-refractivity contribution in [1.29, 1.82) is 0 Å². The quantitative estimate of drug-likeness (QED) is 0.771. The number of benzene rings is 1. The largest absolute Gasteiger partial charge is 0.493 e. The first-order valence-corrected chi connectivity index (χ1v) is 6.47. The molecule has 0 aromatic heterocycles. The van der Waals surface area contributed by atoms with E-state index in [-0.39, 0.29) is 17.8 Å². The second-order valence-corrected chi connectivity index (χ2v) is 5.03. The molecule has 3 nitrogen and oxygen atoms in total. The SMILES string of the molecule is COC(=O)C(c1cccc2c1OCCC2)C(C)C. The summed E-state index contributed by atoms with van der Waals surface area (Å²) in [6.07, 6.45) is 2.07. The van der Waals surface area contributed by atoms with Gasteiger partial charge >= 0.3 is 5.97 Å². The van der Waals surface area contributed by atoms with Crippen LogP contribution in [0, 0.1) is 5.92 Å². The van der Waals surface area contributed by atoms with Crippen LogP contribution in [0.5, 0.6) is 5.75 Å². The van der Waals surface area contributed by atoms with Crippen LogP contribution < -0.4 is 4.74 Å². The minimum absolute atomic E-state index is 0.187. The molecular weight excluding hydrogens is 228 g/mol. The Morgan fingerprint density at radius 2 is 2.17 bits per heavy atom. The molecule has 0 amide bonds. The number of carbonyl (C=O) groups is 1. The molecule has 0 saturated carbocycles. The lowest BCUT2D eigenvalue weighted by atomic mass is 9.86. The van der Waals surface area contributed by atoms with Crippen LogP contribution in [0.2, 0.25) is 0 Å². The number of carbonyl (C=O) groups excluding carboxylic acids is 1. The van der Waals surface area contributed by atoms with Gasteiger partial charge in [0.25, 0.3) is 0 Å². The second kappa shape index (κ2) is 5.42. The van der Waals surface area contributed by atoms with E-state index in [0.717, 1.165) is 30.8 Å². The second-order valence-electron chi connectivity index (χ2n) is 5.03. The van der Waals surface area contributed by atoms with Crippen molar-refractivity contribution < 1.29 is 14.3 Å². The first kappa shape index (κ1) is 12.9. The van der Waals surface area contributed by atoms with Crippen molar-refractivity contribution in [1.82, 2.24) is 0 Å². The lowest BCUT2D eigenvalue weighted by molar-refractivity contribution is -0.143. The Balaban J connectivity index is 2.44. The number of para-hydroxylation sites is 1. The van der Waals surface area contributed by atoms with E-state index >= 15 is 0 Å². The third-order valence-corrected chi connectivity index (χ3v) is 3.42. The van der Waals surface area contributed by atoms with E-state index in [2.05, 4.69) is 6.07 Å². The minimum Gasteiger partial charge on any atom is -0.493 e. The summed E-state index contributed by atoms with van der Waals surface area (Å²) >= 11 is 0. The Hall–Kier alpha value is -1.51. The predicted molar refractivity (Wildman–Crippen MR) is 69.9 cm³/mol. The van der Waals surface area contributed by atoms with Gasteiger partial charge in [-0.1, -0.05) is 32.0 Å². The van der Waals surface area contributed by atoms with Gasteiger partial charge in [-0.2, -0.15) is 0 Å². The molecule has 1 aliphatic heterocycles. The van der Waals surface area contributed by atoms with E-state index in [1.165, 1.54) is 12.7 Å². The molecule has 0 fully saturated rings. The van der Waals surface area contributed by atoms with Crippen LogP contribution in [0.3, 0.4) is 0 Å². The van der Waals surface area contributed by atoms with Crippen LogP contribution >= 0.6 is 0 Å². The summed E-state index contributed by atoms with van der Waals surface area (Å²) in [5.74, 6) is 0.651. The maximum Gasteiger partial charge on any atom is 0.313 e. The van der Waals surface area contributed by atoms with Crippen molar-refractivity contribution in [3.8, 4) is 5.75 Å². The van der Waals surface area contributed by atoms with E-state index in [0.29, 0.717) is 0 Å². The standard InChI is InChI=1S/C15H20O3/c1-10(2)13(15(16)17-3)12-8-4-6-11-7-5-9-18-14(11)12/h4,6,8,10,13H,5,7,9H2,1-3H3. The molecule has 0 saturated heterocycles. The van der Waals surface area contributed by atoms with Gasteiger partial charge in [-0.3, -0.25) is 4.79 Å². The molecule has 1 unspecified atom stereocenters. The van der Waals surface area contributed by atoms with Crippen LogP contribution in [-0.4, -0.2) is 19.7 Å². The molecular formula is C15H20O3. The van der Waals surface area contributed by atoms with Crippen molar-refractivity contribution in [3.05, 3.63) is 29.3 Å². The number of fused-ring (bicyclic) bond motifs is 1. The maximum atomic E-state index is 12.0. The Morgan fingerprint density at radius 3 is 2.83 bits per heavy atom. The highest BCUT2D eigenvalue weighted by Gasteiger charge is 2.29. The highest BCUT2D eigenvalue weighted by atomic mass is 16.5. The lowest BCUT2D eigenvalue weighted by Gasteiger charge is -2.25. The number of rotatable bonds is 3. The molecule has 0 N–H and O–H groups in total. The van der Waals surface area contributed by atoms with Gasteiger partial charge in [-0.15, -0.1) is 0 Å². The Labute approximate surface area is 108 Å². The summed E-state index contributed by atoms with van der Waals surface area (Å²) in [5, 5.41) is 0. The number of ether oxygens (including phenoxy) is 2. The molecule has 0 radical (unpaired) electrons. The maximum absolute atomic E-state index is 12.0. The highest BCUT2D eigenvalue weighted by Crippen LogP contribution is 2.37. The fraction of sp³-hybridized carbons (Fsp3) is 0.533. The average Bonchev–Trinajstić information content (AvgIpc) is 2.38. The number of hydrogen-bond acceptors (Lipinski definition) is 3. The van der Waals surface area contributed by atoms with Gasteiger partial charge in [-0.05, 0) is 24.3 Å². The zero-order chi connectivity index (χ0) is 13.1. The molecule has 1 aromatic rings. The van der Waals surface area contributed by atoms with Gasteiger partial charge in [0.05, 0.1) is 19.6 Å². The topological polar surface area (TPSA) is 35.5 Å². The Kier molecular flexibility index (Phi) is 3.90. The molecule has 18 heavy (non-hydrogen) atoms. The van der Waals surface area contributed by atoms with Crippen LogP contribution in [0.4, 0.5) is 0 Å². The number of aryl methyl sites for hydroxylation is 1. The van der Waals surface area contributed by atoms with Crippen LogP contribution in [0.15, 0.2) is 18.2 Å². The predicted octanol–water partition coefficient (Wildman–Crippen LogP) is 2.92. The van der Waals surface area contributed by atoms with Crippen LogP contribution in [0.25, 0.3) is 0 Å². The van der Waals surface area contributed by atoms with E-state index in [4.69, 9.17) is 9.47 Å². The lowest BCUT2D eigenvalue weighted by Crippen LogP contribution is -2.22. The third-order valence-electron chi connectivity index (χ3n) is 3.42. The third kappa shape index (κ3) is 2.35. The highest BCUT2D eigenvalue weighted by molar-refractivity contribution is 5.79. The van der Waals surface area contributed by atoms with E-state index in [9.17, 15) is 4.79 Å². The smallest absolute Gasteiger partial charge is 0.313 e. The summed E-state index contributed by atoms with van der Waals surface area (Å²) < 4.78 is 10.7. The number of hydrogen-bond donors (Lipinski definition) is 0. The van der Waals surface area contributed by atoms with Gasteiger partial charge in [-0.25, -0.2) is 0 Å². The summed E-state index contributed by atoms with van der Waals surface area (Å²) in [6.45, 7) is 4.80. The van der Waals surface area contributed by atoms with E-state index in [1.54, 1.807) is 0 Å². The Morgan fingerprint density at radius 1 is 1.39 bits per heavy atom. The summed E-state index contributed by atoms with van der Waals surface area (Å²) in [7, 11) is 1.44. The summed E-state index contributed by atoms with van der Waals surface area (Å²) in [6, 6.07) is 6.06. The van der Waals surface area contributed by atoms with Crippen LogP contribution in [0.1, 0.15) is 37.3 Å². The number of esters is 1. The molecule has 1 aliphatic rings. The molecule has 3 heteroatoms. The van der Waals surface area contributed by atoms with Gasteiger partial charge < -0.3 is 9.47 Å². The Bertz CT molecular complexity index is 437. The van der Waals surface area contributed by atoms with E-state index < -0.39 is 0 Å². The monoisotopic (exact) mass is 248 g/mol. The molecule has 0 aliphatic carbocycles. The molecule has 1 heterocycles. The van der Waals surface area contributed by atoms with Crippen molar-refractivity contribution in [2.24, 2.45) is 5.92 Å². The van der Waals surface area contributed by atoms with Gasteiger partial charge in [0.2, 0.25) is 0 Å². The van der Waals surface area contributed by atoms with Gasteiger partial charge in [0.15, 0.2) is 0 Å². The normalized spacial score (nSPS) is 15.8. The number of methoxy groups -OCH3 is 1. The molecule has 0 spiro atoms. The first-order valence-electron chi connectivity index (χ1n) is 6.47. The van der Waals surface area contributed by atoms with Crippen LogP contribution in [-0.2, 0) is 16.0 Å². The zero-order valence-electron chi connectivity index (χ0n) is 11.2. The summed E-state index contributed by atoms with van der Waals surface area (Å²) in [5.41, 5.74) is 2.17. The molecule has 98 valence electrons. The molecule has 1 atom stereocenters. The minimum atomic E-state index is -0.247. The molecule has 0 bridgehead atoms. The van der Waals surface area contributed by atoms with Gasteiger partial charge in [0, 0.05) is 5.56 Å². The van der Waals surface area contributed by atoms with Crippen molar-refractivity contribution in [2.45, 2.75) is 32.6 Å². The fourth-order valence-electron chi connectivity index (χ4n) is 2.54. The first-order chi connectivity index (χ1) is 8.65.